The second kappa shape index (κ2) is 12.9. The molecule has 1 atom stereocenters. The van der Waals surface area contributed by atoms with E-state index in [1.54, 1.807) is 12.1 Å². The molecule has 0 saturated heterocycles. The van der Waals surface area contributed by atoms with Crippen molar-refractivity contribution in [1.29, 1.82) is 0 Å². The molecule has 210 valence electrons. The Hall–Kier alpha value is -4.32. The minimum Gasteiger partial charge on any atom is -0.480 e. The van der Waals surface area contributed by atoms with Crippen LogP contribution in [0.25, 0.3) is 22.5 Å². The standard InChI is InChI=1S/C35H37N3O3/c1-3-24-6-12-26(13-7-24)27-16-18-28(19-17-27)31-21-36-33(37-22-31)29-14-8-25(9-15-29)20-32(35(40)41)38-34(39)30-10-4-23(2)5-11-30/h4-5,8-11,14-19,21-22,24,26,32H,3,6-7,12-13,20H2,1-2H3,(H,38,39)(H,40,41)/t24?,26?,32-/m0/s1. The first kappa shape index (κ1) is 28.2. The summed E-state index contributed by atoms with van der Waals surface area (Å²) in [6.45, 7) is 4.23. The summed E-state index contributed by atoms with van der Waals surface area (Å²) in [7, 11) is 0. The Morgan fingerprint density at radius 2 is 1.44 bits per heavy atom. The SMILES string of the molecule is CCC1CCC(c2ccc(-c3cnc(-c4ccc(C[C@H](NC(=O)c5ccc(C)cc5)C(=O)O)cc4)nc3)cc2)CC1. The number of carboxylic acids is 1. The van der Waals surface area contributed by atoms with E-state index < -0.39 is 17.9 Å². The maximum absolute atomic E-state index is 12.5. The zero-order valence-corrected chi connectivity index (χ0v) is 23.7. The first-order chi connectivity index (χ1) is 19.9. The van der Waals surface area contributed by atoms with Crippen LogP contribution in [0, 0.1) is 12.8 Å². The highest BCUT2D eigenvalue weighted by atomic mass is 16.4. The van der Waals surface area contributed by atoms with Gasteiger partial charge in [0.05, 0.1) is 0 Å². The van der Waals surface area contributed by atoms with E-state index in [-0.39, 0.29) is 6.42 Å². The van der Waals surface area contributed by atoms with Gasteiger partial charge in [-0.25, -0.2) is 14.8 Å². The average Bonchev–Trinajstić information content (AvgIpc) is 3.01. The van der Waals surface area contributed by atoms with E-state index in [2.05, 4.69) is 46.5 Å². The number of aliphatic carboxylic acids is 1. The van der Waals surface area contributed by atoms with Crippen molar-refractivity contribution < 1.29 is 14.7 Å². The van der Waals surface area contributed by atoms with Crippen LogP contribution in [0.4, 0.5) is 0 Å². The second-order valence-corrected chi connectivity index (χ2v) is 11.2. The highest BCUT2D eigenvalue weighted by Crippen LogP contribution is 2.37. The van der Waals surface area contributed by atoms with Crippen LogP contribution >= 0.6 is 0 Å². The maximum atomic E-state index is 12.5. The molecule has 0 aliphatic heterocycles. The molecule has 0 radical (unpaired) electrons. The van der Waals surface area contributed by atoms with E-state index in [9.17, 15) is 14.7 Å². The van der Waals surface area contributed by atoms with Gasteiger partial charge in [0, 0.05) is 35.5 Å². The summed E-state index contributed by atoms with van der Waals surface area (Å²) in [4.78, 5) is 33.6. The molecule has 41 heavy (non-hydrogen) atoms. The molecule has 3 aromatic carbocycles. The predicted molar refractivity (Wildman–Crippen MR) is 162 cm³/mol. The van der Waals surface area contributed by atoms with Crippen LogP contribution in [0.5, 0.6) is 0 Å². The van der Waals surface area contributed by atoms with Gasteiger partial charge in [0.25, 0.3) is 5.91 Å². The molecule has 4 aromatic rings. The molecule has 1 aliphatic carbocycles. The van der Waals surface area contributed by atoms with Crippen molar-refractivity contribution in [1.82, 2.24) is 15.3 Å². The summed E-state index contributed by atoms with van der Waals surface area (Å²) < 4.78 is 0. The Balaban J connectivity index is 1.20. The summed E-state index contributed by atoms with van der Waals surface area (Å²) in [5, 5.41) is 12.3. The molecule has 1 amide bonds. The Kier molecular flexibility index (Phi) is 8.88. The molecule has 1 fully saturated rings. The number of hydrogen-bond acceptors (Lipinski definition) is 4. The third-order valence-electron chi connectivity index (χ3n) is 8.36. The lowest BCUT2D eigenvalue weighted by Gasteiger charge is -2.28. The van der Waals surface area contributed by atoms with E-state index in [4.69, 9.17) is 0 Å². The fourth-order valence-electron chi connectivity index (χ4n) is 5.65. The van der Waals surface area contributed by atoms with Crippen molar-refractivity contribution >= 4 is 11.9 Å². The summed E-state index contributed by atoms with van der Waals surface area (Å²) in [6, 6.07) is 22.3. The first-order valence-electron chi connectivity index (χ1n) is 14.5. The van der Waals surface area contributed by atoms with Gasteiger partial charge >= 0.3 is 5.97 Å². The third kappa shape index (κ3) is 7.07. The smallest absolute Gasteiger partial charge is 0.326 e. The lowest BCUT2D eigenvalue weighted by molar-refractivity contribution is -0.139. The highest BCUT2D eigenvalue weighted by Gasteiger charge is 2.22. The van der Waals surface area contributed by atoms with Crippen molar-refractivity contribution in [2.45, 2.75) is 64.3 Å². The number of amides is 1. The third-order valence-corrected chi connectivity index (χ3v) is 8.36. The number of benzene rings is 3. The number of nitrogens with zero attached hydrogens (tertiary/aromatic N) is 2. The quantitative estimate of drug-likeness (QED) is 0.231. The number of aryl methyl sites for hydroxylation is 1. The topological polar surface area (TPSA) is 92.2 Å². The van der Waals surface area contributed by atoms with Crippen LogP contribution in [0.2, 0.25) is 0 Å². The van der Waals surface area contributed by atoms with Gasteiger partial charge in [-0.2, -0.15) is 0 Å². The summed E-state index contributed by atoms with van der Waals surface area (Å²) >= 11 is 0. The van der Waals surface area contributed by atoms with Gasteiger partial charge in [-0.05, 0) is 73.3 Å². The molecule has 6 heteroatoms. The van der Waals surface area contributed by atoms with Crippen LogP contribution in [0.1, 0.15) is 72.0 Å². The Morgan fingerprint density at radius 1 is 0.829 bits per heavy atom. The minimum absolute atomic E-state index is 0.170. The van der Waals surface area contributed by atoms with Crippen LogP contribution in [-0.2, 0) is 11.2 Å². The number of carbonyl (C=O) groups is 2. The molecular formula is C35H37N3O3. The molecule has 1 aliphatic rings. The zero-order valence-electron chi connectivity index (χ0n) is 23.7. The predicted octanol–water partition coefficient (Wildman–Crippen LogP) is 7.23. The van der Waals surface area contributed by atoms with Crippen LogP contribution in [0.15, 0.2) is 85.2 Å². The molecule has 1 aromatic heterocycles. The van der Waals surface area contributed by atoms with E-state index >= 15 is 0 Å². The molecule has 2 N–H and O–H groups in total. The Morgan fingerprint density at radius 3 is 2.02 bits per heavy atom. The number of rotatable bonds is 9. The number of aromatic nitrogens is 2. The first-order valence-corrected chi connectivity index (χ1v) is 14.5. The van der Waals surface area contributed by atoms with Gasteiger partial charge in [0.15, 0.2) is 5.82 Å². The highest BCUT2D eigenvalue weighted by molar-refractivity contribution is 5.96. The van der Waals surface area contributed by atoms with Crippen LogP contribution in [0.3, 0.4) is 0 Å². The van der Waals surface area contributed by atoms with Gasteiger partial charge in [-0.1, -0.05) is 79.6 Å². The zero-order chi connectivity index (χ0) is 28.8. The van der Waals surface area contributed by atoms with E-state index in [0.29, 0.717) is 17.3 Å². The van der Waals surface area contributed by atoms with Crippen molar-refractivity contribution in [3.05, 3.63) is 107 Å². The molecule has 0 spiro atoms. The van der Waals surface area contributed by atoms with Gasteiger partial charge in [0.2, 0.25) is 0 Å². The van der Waals surface area contributed by atoms with E-state index in [1.165, 1.54) is 37.7 Å². The summed E-state index contributed by atoms with van der Waals surface area (Å²) in [6.07, 6.45) is 10.4. The minimum atomic E-state index is -1.08. The molecule has 1 saturated carbocycles. The lowest BCUT2D eigenvalue weighted by atomic mass is 9.78. The van der Waals surface area contributed by atoms with Gasteiger partial charge in [0.1, 0.15) is 6.04 Å². The van der Waals surface area contributed by atoms with E-state index in [1.807, 2.05) is 55.7 Å². The largest absolute Gasteiger partial charge is 0.480 e. The number of nitrogens with one attached hydrogen (secondary N) is 1. The normalized spacial score (nSPS) is 17.5. The fourth-order valence-corrected chi connectivity index (χ4v) is 5.65. The van der Waals surface area contributed by atoms with E-state index in [0.717, 1.165) is 33.7 Å². The summed E-state index contributed by atoms with van der Waals surface area (Å²) in [5.41, 5.74) is 6.61. The van der Waals surface area contributed by atoms with Crippen molar-refractivity contribution in [2.75, 3.05) is 0 Å². The number of carbonyl (C=O) groups excluding carboxylic acids is 1. The maximum Gasteiger partial charge on any atom is 0.326 e. The fraction of sp³-hybridized carbons (Fsp3) is 0.314. The summed E-state index contributed by atoms with van der Waals surface area (Å²) in [5.74, 6) is 0.688. The number of hydrogen-bond donors (Lipinski definition) is 2. The molecule has 6 nitrogen and oxygen atoms in total. The van der Waals surface area contributed by atoms with Gasteiger partial charge in [-0.15, -0.1) is 0 Å². The lowest BCUT2D eigenvalue weighted by Crippen LogP contribution is -2.42. The Labute approximate surface area is 241 Å². The average molecular weight is 548 g/mol. The van der Waals surface area contributed by atoms with Crippen LogP contribution in [-0.4, -0.2) is 33.0 Å². The molecule has 0 bridgehead atoms. The number of carboxylic acid groups (broad SMARTS) is 1. The molecule has 5 rings (SSSR count). The molecular weight excluding hydrogens is 510 g/mol. The monoisotopic (exact) mass is 547 g/mol. The second-order valence-electron chi connectivity index (χ2n) is 11.2. The molecule has 0 unspecified atom stereocenters. The van der Waals surface area contributed by atoms with Crippen molar-refractivity contribution in [3.63, 3.8) is 0 Å². The Bertz CT molecular complexity index is 1460. The van der Waals surface area contributed by atoms with Gasteiger partial charge in [-0.3, -0.25) is 4.79 Å². The van der Waals surface area contributed by atoms with Crippen molar-refractivity contribution in [2.24, 2.45) is 5.92 Å². The molecule has 1 heterocycles. The van der Waals surface area contributed by atoms with Crippen molar-refractivity contribution in [3.8, 4) is 22.5 Å². The van der Waals surface area contributed by atoms with Gasteiger partial charge < -0.3 is 10.4 Å². The van der Waals surface area contributed by atoms with Crippen LogP contribution < -0.4 is 5.32 Å².